The van der Waals surface area contributed by atoms with Crippen LogP contribution in [-0.4, -0.2) is 16.8 Å². The maximum atomic E-state index is 11.8. The van der Waals surface area contributed by atoms with Crippen molar-refractivity contribution in [3.8, 4) is 0 Å². The number of nitrogens with zero attached hydrogens (tertiary/aromatic N) is 1. The van der Waals surface area contributed by atoms with Crippen molar-refractivity contribution in [2.45, 2.75) is 12.8 Å². The van der Waals surface area contributed by atoms with Crippen molar-refractivity contribution in [3.05, 3.63) is 48.2 Å². The van der Waals surface area contributed by atoms with Crippen molar-refractivity contribution >= 4 is 29.0 Å². The van der Waals surface area contributed by atoms with Crippen LogP contribution in [0.2, 0.25) is 0 Å². The highest BCUT2D eigenvalue weighted by molar-refractivity contribution is 5.99. The zero-order valence-electron chi connectivity index (χ0n) is 11.9. The topological polar surface area (TPSA) is 97.1 Å². The molecule has 3 rings (SSSR count). The number of rotatable bonds is 5. The first-order valence-electron chi connectivity index (χ1n) is 7.06. The third kappa shape index (κ3) is 3.22. The lowest BCUT2D eigenvalue weighted by molar-refractivity contribution is -0.117. The molecule has 22 heavy (non-hydrogen) atoms. The second-order valence-electron chi connectivity index (χ2n) is 5.23. The van der Waals surface area contributed by atoms with Crippen LogP contribution in [0.25, 0.3) is 0 Å². The lowest BCUT2D eigenvalue weighted by Crippen LogP contribution is -2.15. The van der Waals surface area contributed by atoms with Gasteiger partial charge in [-0.25, -0.2) is 4.98 Å². The van der Waals surface area contributed by atoms with Crippen LogP contribution in [0.3, 0.4) is 0 Å². The third-order valence-corrected chi connectivity index (χ3v) is 3.43. The molecule has 112 valence electrons. The largest absolute Gasteiger partial charge is 0.366 e. The molecule has 0 spiro atoms. The fourth-order valence-electron chi connectivity index (χ4n) is 2.11. The van der Waals surface area contributed by atoms with E-state index in [1.807, 2.05) is 6.07 Å². The smallest absolute Gasteiger partial charge is 0.250 e. The van der Waals surface area contributed by atoms with Crippen molar-refractivity contribution in [1.82, 2.24) is 4.98 Å². The number of aromatic nitrogens is 1. The van der Waals surface area contributed by atoms with Gasteiger partial charge < -0.3 is 16.4 Å². The highest BCUT2D eigenvalue weighted by atomic mass is 16.2. The van der Waals surface area contributed by atoms with E-state index in [0.717, 1.165) is 18.5 Å². The van der Waals surface area contributed by atoms with Gasteiger partial charge in [0.05, 0.1) is 11.3 Å². The normalized spacial score (nSPS) is 13.5. The molecular weight excluding hydrogens is 280 g/mol. The molecule has 1 aliphatic carbocycles. The molecule has 6 heteroatoms. The van der Waals surface area contributed by atoms with Crippen LogP contribution in [0.4, 0.5) is 17.2 Å². The summed E-state index contributed by atoms with van der Waals surface area (Å²) in [7, 11) is 0. The Morgan fingerprint density at radius 2 is 1.95 bits per heavy atom. The molecule has 0 atom stereocenters. The lowest BCUT2D eigenvalue weighted by Gasteiger charge is -2.11. The van der Waals surface area contributed by atoms with Gasteiger partial charge in [-0.2, -0.15) is 0 Å². The number of carbonyl (C=O) groups excluding carboxylic acids is 2. The Labute approximate surface area is 127 Å². The van der Waals surface area contributed by atoms with Crippen molar-refractivity contribution in [1.29, 1.82) is 0 Å². The molecule has 1 aromatic heterocycles. The molecule has 0 saturated heterocycles. The third-order valence-electron chi connectivity index (χ3n) is 3.43. The molecule has 2 amide bonds. The number of hydrogen-bond donors (Lipinski definition) is 3. The van der Waals surface area contributed by atoms with Crippen LogP contribution in [0, 0.1) is 5.92 Å². The van der Waals surface area contributed by atoms with E-state index >= 15 is 0 Å². The molecule has 0 radical (unpaired) electrons. The SMILES string of the molecule is NC(=O)c1ccccc1Nc1ccnc(NC(=O)C2CC2)c1. The van der Waals surface area contributed by atoms with Crippen molar-refractivity contribution in [2.24, 2.45) is 11.7 Å². The molecule has 0 aliphatic heterocycles. The van der Waals surface area contributed by atoms with Gasteiger partial charge in [0.15, 0.2) is 0 Å². The molecule has 2 aromatic rings. The molecular formula is C16H16N4O2. The number of benzene rings is 1. The summed E-state index contributed by atoms with van der Waals surface area (Å²) >= 11 is 0. The Balaban J connectivity index is 1.78. The Kier molecular flexibility index (Phi) is 3.74. The van der Waals surface area contributed by atoms with Crippen LogP contribution in [0.1, 0.15) is 23.2 Å². The maximum Gasteiger partial charge on any atom is 0.250 e. The number of nitrogens with two attached hydrogens (primary N) is 1. The molecule has 0 bridgehead atoms. The average molecular weight is 296 g/mol. The summed E-state index contributed by atoms with van der Waals surface area (Å²) in [6, 6.07) is 10.5. The first-order valence-corrected chi connectivity index (χ1v) is 7.06. The Morgan fingerprint density at radius 1 is 1.18 bits per heavy atom. The van der Waals surface area contributed by atoms with Crippen LogP contribution in [0.5, 0.6) is 0 Å². The van der Waals surface area contributed by atoms with Gasteiger partial charge in [-0.1, -0.05) is 12.1 Å². The fraction of sp³-hybridized carbons (Fsp3) is 0.188. The van der Waals surface area contributed by atoms with Gasteiger partial charge in [0.2, 0.25) is 5.91 Å². The van der Waals surface area contributed by atoms with Gasteiger partial charge in [0, 0.05) is 23.9 Å². The number of pyridine rings is 1. The second kappa shape index (κ2) is 5.85. The number of anilines is 3. The molecule has 4 N–H and O–H groups in total. The standard InChI is InChI=1S/C16H16N4O2/c17-15(21)12-3-1-2-4-13(12)19-11-7-8-18-14(9-11)20-16(22)10-5-6-10/h1-4,7-10H,5-6H2,(H2,17,21)(H2,18,19,20,22). The van der Waals surface area contributed by atoms with E-state index < -0.39 is 5.91 Å². The van der Waals surface area contributed by atoms with E-state index in [9.17, 15) is 9.59 Å². The van der Waals surface area contributed by atoms with E-state index in [2.05, 4.69) is 15.6 Å². The minimum atomic E-state index is -0.501. The van der Waals surface area contributed by atoms with Gasteiger partial charge in [0.1, 0.15) is 5.82 Å². The number of carbonyl (C=O) groups is 2. The average Bonchev–Trinajstić information content (AvgIpc) is 3.32. The van der Waals surface area contributed by atoms with Crippen LogP contribution >= 0.6 is 0 Å². The van der Waals surface area contributed by atoms with E-state index in [1.54, 1.807) is 36.5 Å². The lowest BCUT2D eigenvalue weighted by atomic mass is 10.1. The highest BCUT2D eigenvalue weighted by Crippen LogP contribution is 2.30. The van der Waals surface area contributed by atoms with Crippen molar-refractivity contribution in [3.63, 3.8) is 0 Å². The van der Waals surface area contributed by atoms with Crippen molar-refractivity contribution in [2.75, 3.05) is 10.6 Å². The summed E-state index contributed by atoms with van der Waals surface area (Å²) in [6.45, 7) is 0. The molecule has 1 heterocycles. The van der Waals surface area contributed by atoms with Crippen LogP contribution in [-0.2, 0) is 4.79 Å². The predicted octanol–water partition coefficient (Wildman–Crippen LogP) is 2.27. The monoisotopic (exact) mass is 296 g/mol. The molecule has 6 nitrogen and oxygen atoms in total. The van der Waals surface area contributed by atoms with Crippen molar-refractivity contribution < 1.29 is 9.59 Å². The fourth-order valence-corrected chi connectivity index (χ4v) is 2.11. The van der Waals surface area contributed by atoms with E-state index in [4.69, 9.17) is 5.73 Å². The predicted molar refractivity (Wildman–Crippen MR) is 83.8 cm³/mol. The minimum Gasteiger partial charge on any atom is -0.366 e. The molecule has 1 aromatic carbocycles. The Morgan fingerprint density at radius 3 is 2.68 bits per heavy atom. The summed E-state index contributed by atoms with van der Waals surface area (Å²) < 4.78 is 0. The summed E-state index contributed by atoms with van der Waals surface area (Å²) in [6.07, 6.45) is 3.48. The molecule has 1 fully saturated rings. The van der Waals surface area contributed by atoms with Gasteiger partial charge in [-0.15, -0.1) is 0 Å². The summed E-state index contributed by atoms with van der Waals surface area (Å²) in [5.74, 6) is 0.106. The van der Waals surface area contributed by atoms with Crippen LogP contribution < -0.4 is 16.4 Å². The zero-order valence-corrected chi connectivity index (χ0v) is 11.9. The summed E-state index contributed by atoms with van der Waals surface area (Å²) in [5, 5.41) is 5.91. The first kappa shape index (κ1) is 14.1. The van der Waals surface area contributed by atoms with E-state index in [1.165, 1.54) is 0 Å². The number of para-hydroxylation sites is 1. The van der Waals surface area contributed by atoms with Gasteiger partial charge in [0.25, 0.3) is 5.91 Å². The Bertz CT molecular complexity index is 726. The van der Waals surface area contributed by atoms with E-state index in [0.29, 0.717) is 17.1 Å². The Hall–Kier alpha value is -2.89. The van der Waals surface area contributed by atoms with Gasteiger partial charge in [-0.05, 0) is 31.0 Å². The zero-order chi connectivity index (χ0) is 15.5. The number of nitrogens with one attached hydrogen (secondary N) is 2. The molecule has 1 saturated carbocycles. The number of hydrogen-bond acceptors (Lipinski definition) is 4. The molecule has 0 unspecified atom stereocenters. The van der Waals surface area contributed by atoms with Gasteiger partial charge >= 0.3 is 0 Å². The summed E-state index contributed by atoms with van der Waals surface area (Å²) in [4.78, 5) is 27.3. The maximum absolute atomic E-state index is 11.8. The summed E-state index contributed by atoms with van der Waals surface area (Å²) in [5.41, 5.74) is 7.09. The first-order chi connectivity index (χ1) is 10.6. The highest BCUT2D eigenvalue weighted by Gasteiger charge is 2.29. The second-order valence-corrected chi connectivity index (χ2v) is 5.23. The van der Waals surface area contributed by atoms with Gasteiger partial charge in [-0.3, -0.25) is 9.59 Å². The van der Waals surface area contributed by atoms with E-state index in [-0.39, 0.29) is 11.8 Å². The number of primary amides is 1. The molecule has 1 aliphatic rings. The quantitative estimate of drug-likeness (QED) is 0.788. The van der Waals surface area contributed by atoms with Crippen LogP contribution in [0.15, 0.2) is 42.6 Å². The minimum absolute atomic E-state index is 0.00202. The number of amides is 2.